The minimum atomic E-state index is -2.82. The highest BCUT2D eigenvalue weighted by molar-refractivity contribution is 9.08. The number of alkyl halides is 3. The first kappa shape index (κ1) is 11.7. The number of pyridine rings is 1. The fourth-order valence-electron chi connectivity index (χ4n) is 1.15. The maximum Gasteiger partial charge on any atom is 0.266 e. The van der Waals surface area contributed by atoms with Crippen molar-refractivity contribution in [3.63, 3.8) is 0 Å². The van der Waals surface area contributed by atoms with Crippen LogP contribution in [0.5, 0.6) is 0 Å². The van der Waals surface area contributed by atoms with Crippen LogP contribution in [0.15, 0.2) is 6.20 Å². The van der Waals surface area contributed by atoms with Gasteiger partial charge in [0.15, 0.2) is 6.29 Å². The molecule has 78 valence electrons. The van der Waals surface area contributed by atoms with Gasteiger partial charge in [0.1, 0.15) is 6.07 Å². The van der Waals surface area contributed by atoms with Crippen molar-refractivity contribution in [2.45, 2.75) is 11.8 Å². The van der Waals surface area contributed by atoms with Gasteiger partial charge in [0.2, 0.25) is 0 Å². The van der Waals surface area contributed by atoms with Crippen LogP contribution in [0.3, 0.4) is 0 Å². The van der Waals surface area contributed by atoms with E-state index >= 15 is 0 Å². The summed E-state index contributed by atoms with van der Waals surface area (Å²) in [6, 6.07) is 1.65. The van der Waals surface area contributed by atoms with E-state index in [2.05, 4.69) is 20.9 Å². The van der Waals surface area contributed by atoms with E-state index in [1.54, 1.807) is 6.07 Å². The Morgan fingerprint density at radius 3 is 2.73 bits per heavy atom. The molecule has 0 bridgehead atoms. The van der Waals surface area contributed by atoms with Crippen molar-refractivity contribution in [3.8, 4) is 6.07 Å². The maximum absolute atomic E-state index is 12.6. The molecule has 1 rings (SSSR count). The normalized spacial score (nSPS) is 10.1. The number of carbonyl (C=O) groups excluding carboxylic acids is 1. The van der Waals surface area contributed by atoms with Gasteiger partial charge in [-0.1, -0.05) is 15.9 Å². The van der Waals surface area contributed by atoms with E-state index in [-0.39, 0.29) is 28.4 Å². The van der Waals surface area contributed by atoms with E-state index in [1.165, 1.54) is 0 Å². The Hall–Kier alpha value is -1.35. The number of aromatic nitrogens is 1. The SMILES string of the molecule is N#Cc1cnc(CBr)c(C(F)F)c1C=O. The predicted octanol–water partition coefficient (Wildman–Crippen LogP) is 2.60. The Bertz CT molecular complexity index is 429. The van der Waals surface area contributed by atoms with E-state index in [1.807, 2.05) is 0 Å². The molecule has 6 heteroatoms. The van der Waals surface area contributed by atoms with Gasteiger partial charge >= 0.3 is 0 Å². The second-order valence-corrected chi connectivity index (χ2v) is 3.17. The summed E-state index contributed by atoms with van der Waals surface area (Å²) < 4.78 is 25.3. The third kappa shape index (κ3) is 2.18. The van der Waals surface area contributed by atoms with Crippen LogP contribution in [-0.4, -0.2) is 11.3 Å². The summed E-state index contributed by atoms with van der Waals surface area (Å²) in [5.74, 6) is 0. The number of nitriles is 1. The van der Waals surface area contributed by atoms with Crippen LogP contribution >= 0.6 is 15.9 Å². The summed E-state index contributed by atoms with van der Waals surface area (Å²) in [6.45, 7) is 0. The largest absolute Gasteiger partial charge is 0.298 e. The molecule has 0 N–H and O–H groups in total. The van der Waals surface area contributed by atoms with Crippen molar-refractivity contribution in [3.05, 3.63) is 28.6 Å². The molecule has 0 atom stereocenters. The Labute approximate surface area is 92.9 Å². The molecule has 0 amide bonds. The molecule has 0 aliphatic heterocycles. The standard InChI is InChI=1S/C9H5BrF2N2O/c10-1-7-8(9(11)12)6(4-15)5(2-13)3-14-7/h3-4,9H,1H2. The number of hydrogen-bond donors (Lipinski definition) is 0. The van der Waals surface area contributed by atoms with E-state index in [9.17, 15) is 13.6 Å². The lowest BCUT2D eigenvalue weighted by molar-refractivity contribution is 0.110. The van der Waals surface area contributed by atoms with E-state index in [0.29, 0.717) is 0 Å². The quantitative estimate of drug-likeness (QED) is 0.629. The Balaban J connectivity index is 3.53. The van der Waals surface area contributed by atoms with Gasteiger partial charge in [0.25, 0.3) is 6.43 Å². The topological polar surface area (TPSA) is 53.8 Å². The summed E-state index contributed by atoms with van der Waals surface area (Å²) in [5.41, 5.74) is -0.811. The Morgan fingerprint density at radius 1 is 1.67 bits per heavy atom. The Morgan fingerprint density at radius 2 is 2.33 bits per heavy atom. The second-order valence-electron chi connectivity index (χ2n) is 2.61. The minimum Gasteiger partial charge on any atom is -0.298 e. The lowest BCUT2D eigenvalue weighted by atomic mass is 10.0. The fourth-order valence-corrected chi connectivity index (χ4v) is 1.59. The molecule has 1 aromatic heterocycles. The zero-order valence-electron chi connectivity index (χ0n) is 7.38. The first-order valence-corrected chi connectivity index (χ1v) is 4.99. The van der Waals surface area contributed by atoms with Crippen LogP contribution in [0.2, 0.25) is 0 Å². The summed E-state index contributed by atoms with van der Waals surface area (Å²) in [6.07, 6.45) is -1.45. The smallest absolute Gasteiger partial charge is 0.266 e. The van der Waals surface area contributed by atoms with Gasteiger partial charge in [-0.3, -0.25) is 9.78 Å². The lowest BCUT2D eigenvalue weighted by Gasteiger charge is -2.08. The average molecular weight is 275 g/mol. The molecule has 0 saturated carbocycles. The predicted molar refractivity (Wildman–Crippen MR) is 51.9 cm³/mol. The van der Waals surface area contributed by atoms with Gasteiger partial charge in [-0.05, 0) is 0 Å². The van der Waals surface area contributed by atoms with E-state index < -0.39 is 12.0 Å². The molecular weight excluding hydrogens is 270 g/mol. The summed E-state index contributed by atoms with van der Waals surface area (Å²) in [7, 11) is 0. The lowest BCUT2D eigenvalue weighted by Crippen LogP contribution is -2.04. The molecule has 0 aromatic carbocycles. The second kappa shape index (κ2) is 4.94. The molecule has 0 aliphatic rings. The van der Waals surface area contributed by atoms with Gasteiger partial charge in [0.05, 0.1) is 16.8 Å². The van der Waals surface area contributed by atoms with Crippen molar-refractivity contribution in [1.82, 2.24) is 4.98 Å². The van der Waals surface area contributed by atoms with Gasteiger partial charge in [-0.2, -0.15) is 5.26 Å². The summed E-state index contributed by atoms with van der Waals surface area (Å²) >= 11 is 2.99. The highest BCUT2D eigenvalue weighted by atomic mass is 79.9. The third-order valence-electron chi connectivity index (χ3n) is 1.82. The number of halogens is 3. The van der Waals surface area contributed by atoms with Gasteiger partial charge in [-0.25, -0.2) is 8.78 Å². The molecule has 1 heterocycles. The molecule has 0 spiro atoms. The first-order chi connectivity index (χ1) is 7.15. The summed E-state index contributed by atoms with van der Waals surface area (Å²) in [4.78, 5) is 14.3. The number of carbonyl (C=O) groups is 1. The van der Waals surface area contributed by atoms with Crippen molar-refractivity contribution in [1.29, 1.82) is 5.26 Å². The molecule has 3 nitrogen and oxygen atoms in total. The maximum atomic E-state index is 12.6. The molecule has 0 radical (unpaired) electrons. The highest BCUT2D eigenvalue weighted by Crippen LogP contribution is 2.27. The first-order valence-electron chi connectivity index (χ1n) is 3.86. The van der Waals surface area contributed by atoms with Crippen molar-refractivity contribution < 1.29 is 13.6 Å². The fraction of sp³-hybridized carbons (Fsp3) is 0.222. The molecule has 0 aliphatic carbocycles. The van der Waals surface area contributed by atoms with Gasteiger partial charge in [0, 0.05) is 17.1 Å². The monoisotopic (exact) mass is 274 g/mol. The van der Waals surface area contributed by atoms with Crippen LogP contribution in [-0.2, 0) is 5.33 Å². The molecule has 0 unspecified atom stereocenters. The number of nitrogens with zero attached hydrogens (tertiary/aromatic N) is 2. The number of aldehydes is 1. The van der Waals surface area contributed by atoms with E-state index in [4.69, 9.17) is 5.26 Å². The van der Waals surface area contributed by atoms with Crippen LogP contribution in [0.25, 0.3) is 0 Å². The Kier molecular flexibility index (Phi) is 3.86. The zero-order chi connectivity index (χ0) is 11.4. The van der Waals surface area contributed by atoms with Gasteiger partial charge in [-0.15, -0.1) is 0 Å². The molecule has 0 fully saturated rings. The van der Waals surface area contributed by atoms with Gasteiger partial charge < -0.3 is 0 Å². The van der Waals surface area contributed by atoms with Crippen LogP contribution in [0.4, 0.5) is 8.78 Å². The molecule has 0 saturated heterocycles. The van der Waals surface area contributed by atoms with E-state index in [0.717, 1.165) is 6.20 Å². The third-order valence-corrected chi connectivity index (χ3v) is 2.35. The summed E-state index contributed by atoms with van der Waals surface area (Å²) in [5, 5.41) is 8.72. The molecule has 15 heavy (non-hydrogen) atoms. The van der Waals surface area contributed by atoms with Crippen LogP contribution in [0.1, 0.15) is 33.6 Å². The van der Waals surface area contributed by atoms with Crippen molar-refractivity contribution in [2.24, 2.45) is 0 Å². The van der Waals surface area contributed by atoms with Crippen molar-refractivity contribution >= 4 is 22.2 Å². The van der Waals surface area contributed by atoms with Crippen LogP contribution < -0.4 is 0 Å². The molecular formula is C9H5BrF2N2O. The number of rotatable bonds is 3. The van der Waals surface area contributed by atoms with Crippen molar-refractivity contribution in [2.75, 3.05) is 0 Å². The number of hydrogen-bond acceptors (Lipinski definition) is 3. The minimum absolute atomic E-state index is 0.0751. The highest BCUT2D eigenvalue weighted by Gasteiger charge is 2.21. The average Bonchev–Trinajstić information content (AvgIpc) is 2.26. The van der Waals surface area contributed by atoms with Crippen LogP contribution in [0, 0.1) is 11.3 Å². The zero-order valence-corrected chi connectivity index (χ0v) is 8.96. The molecule has 1 aromatic rings.